The molecule has 4 aliphatic carbocycles. The number of hydrogen-bond acceptors (Lipinski definition) is 8. The second-order valence-electron chi connectivity index (χ2n) is 18.0. The van der Waals surface area contributed by atoms with E-state index in [1.54, 1.807) is 67.8 Å². The van der Waals surface area contributed by atoms with Crippen molar-refractivity contribution >= 4 is 29.0 Å². The van der Waals surface area contributed by atoms with Crippen molar-refractivity contribution in [3.05, 3.63) is 83.9 Å². The van der Waals surface area contributed by atoms with Crippen LogP contribution < -0.4 is 21.9 Å². The Morgan fingerprint density at radius 2 is 1.29 bits per heavy atom. The zero-order valence-corrected chi connectivity index (χ0v) is 33.8. The second-order valence-corrected chi connectivity index (χ2v) is 18.0. The van der Waals surface area contributed by atoms with E-state index in [9.17, 15) is 9.59 Å². The molecule has 55 heavy (non-hydrogen) atoms. The van der Waals surface area contributed by atoms with Gasteiger partial charge in [0.2, 0.25) is 0 Å². The van der Waals surface area contributed by atoms with Crippen molar-refractivity contribution in [2.24, 2.45) is 46.3 Å². The van der Waals surface area contributed by atoms with E-state index in [1.165, 1.54) is 51.4 Å². The minimum absolute atomic E-state index is 0.109. The molecule has 8 heteroatoms. The van der Waals surface area contributed by atoms with Gasteiger partial charge in [-0.15, -0.1) is 0 Å². The molecule has 6 N–H and O–H groups in total. The molecule has 4 saturated carbocycles. The summed E-state index contributed by atoms with van der Waals surface area (Å²) >= 11 is 0. The van der Waals surface area contributed by atoms with Crippen molar-refractivity contribution < 1.29 is 23.8 Å². The third-order valence-electron chi connectivity index (χ3n) is 14.2. The van der Waals surface area contributed by atoms with E-state index < -0.39 is 0 Å². The molecule has 9 unspecified atom stereocenters. The molecular weight excluding hydrogens is 687 g/mol. The highest BCUT2D eigenvalue weighted by atomic mass is 16.6. The number of benzene rings is 3. The van der Waals surface area contributed by atoms with E-state index in [1.807, 2.05) is 12.1 Å². The highest BCUT2D eigenvalue weighted by molar-refractivity contribution is 5.90. The lowest BCUT2D eigenvalue weighted by Crippen LogP contribution is -2.51. The van der Waals surface area contributed by atoms with Crippen LogP contribution in [-0.4, -0.2) is 31.3 Å². The summed E-state index contributed by atoms with van der Waals surface area (Å²) in [4.78, 5) is 26.7. The van der Waals surface area contributed by atoms with E-state index >= 15 is 0 Å². The number of nitrogens with two attached hydrogens (primary N) is 3. The van der Waals surface area contributed by atoms with Gasteiger partial charge in [0, 0.05) is 23.0 Å². The van der Waals surface area contributed by atoms with Crippen LogP contribution in [0.5, 0.6) is 5.75 Å². The fraction of sp³-hybridized carbons (Fsp3) is 0.574. The van der Waals surface area contributed by atoms with Gasteiger partial charge < -0.3 is 31.4 Å². The monoisotopic (exact) mass is 751 g/mol. The maximum Gasteiger partial charge on any atom is 0.338 e. The normalized spacial score (nSPS) is 30.1. The second kappa shape index (κ2) is 17.3. The molecule has 1 spiro atoms. The predicted molar refractivity (Wildman–Crippen MR) is 221 cm³/mol. The molecule has 0 amide bonds. The van der Waals surface area contributed by atoms with Gasteiger partial charge in [0.05, 0.1) is 18.2 Å². The fourth-order valence-electron chi connectivity index (χ4n) is 11.3. The van der Waals surface area contributed by atoms with Gasteiger partial charge in [0.1, 0.15) is 18.0 Å². The van der Waals surface area contributed by atoms with E-state index in [4.69, 9.17) is 31.4 Å². The number of carbonyl (C=O) groups is 2. The summed E-state index contributed by atoms with van der Waals surface area (Å²) in [5.74, 6) is 3.91. The standard InChI is InChI=1S/C40H56N2O4.C7H9NO/c1-25(2)6-5-7-26(3)33-16-17-34-29-22-36(46-38(44)28-10-14-31(42)15-11-28)35-23-32(45-37(43)27-8-12-30(41)13-9-27)18-19-40(35,24-29)21-20-39(33,34)4;1-9-7-4-2-6(8)3-5-7/h8-15,25-26,29,32-36H,5-7,16-24,41-42H2,1-4H3;2-5H,8H2,1H3. The average Bonchev–Trinajstić information content (AvgIpc) is 3.48. The Labute approximate surface area is 329 Å². The molecule has 0 heterocycles. The Morgan fingerprint density at radius 3 is 1.87 bits per heavy atom. The number of anilines is 3. The van der Waals surface area contributed by atoms with Crippen molar-refractivity contribution in [3.63, 3.8) is 0 Å². The number of carbonyl (C=O) groups excluding carboxylic acids is 2. The third-order valence-corrected chi connectivity index (χ3v) is 14.2. The number of fused-ring (bicyclic) bond motifs is 3. The summed E-state index contributed by atoms with van der Waals surface area (Å²) in [6, 6.07) is 21.3. The van der Waals surface area contributed by atoms with Crippen molar-refractivity contribution in [1.29, 1.82) is 0 Å². The topological polar surface area (TPSA) is 140 Å². The Kier molecular flexibility index (Phi) is 12.7. The van der Waals surface area contributed by atoms with Crippen molar-refractivity contribution in [2.45, 2.75) is 117 Å². The Hall–Kier alpha value is -4.20. The van der Waals surface area contributed by atoms with E-state index in [2.05, 4.69) is 27.7 Å². The van der Waals surface area contributed by atoms with Gasteiger partial charge in [-0.25, -0.2) is 9.59 Å². The van der Waals surface area contributed by atoms with Crippen LogP contribution in [0.25, 0.3) is 0 Å². The van der Waals surface area contributed by atoms with Gasteiger partial charge in [-0.1, -0.05) is 47.0 Å². The summed E-state index contributed by atoms with van der Waals surface area (Å²) in [6.07, 6.45) is 13.4. The highest BCUT2D eigenvalue weighted by Crippen LogP contribution is 2.67. The molecular formula is C47H65N3O5. The van der Waals surface area contributed by atoms with Gasteiger partial charge >= 0.3 is 11.9 Å². The van der Waals surface area contributed by atoms with E-state index in [0.717, 1.165) is 54.9 Å². The first-order chi connectivity index (χ1) is 26.3. The SMILES string of the molecule is CC(C)CCCC(C)C1CCC2C3CC(OC(=O)c4ccc(N)cc4)C4CC(OC(=O)c5ccc(N)cc5)CCC4(CCC12C)C3.COc1ccc(N)cc1. The Morgan fingerprint density at radius 1 is 0.709 bits per heavy atom. The first-order valence-corrected chi connectivity index (χ1v) is 20.8. The highest BCUT2D eigenvalue weighted by Gasteiger charge is 2.61. The quantitative estimate of drug-likeness (QED) is 0.137. The summed E-state index contributed by atoms with van der Waals surface area (Å²) in [7, 11) is 1.63. The van der Waals surface area contributed by atoms with E-state index in [-0.39, 0.29) is 35.5 Å². The van der Waals surface area contributed by atoms with Crippen LogP contribution in [0.3, 0.4) is 0 Å². The zero-order chi connectivity index (χ0) is 39.3. The summed E-state index contributed by atoms with van der Waals surface area (Å²) < 4.78 is 17.6. The van der Waals surface area contributed by atoms with Crippen LogP contribution in [0.15, 0.2) is 72.8 Å². The van der Waals surface area contributed by atoms with Crippen LogP contribution in [0.1, 0.15) is 125 Å². The molecule has 298 valence electrons. The Balaban J connectivity index is 0.000000502. The molecule has 7 rings (SSSR count). The van der Waals surface area contributed by atoms with Crippen molar-refractivity contribution in [1.82, 2.24) is 0 Å². The van der Waals surface area contributed by atoms with Gasteiger partial charge in [0.15, 0.2) is 0 Å². The van der Waals surface area contributed by atoms with Crippen LogP contribution in [0.4, 0.5) is 17.1 Å². The molecule has 9 atom stereocenters. The smallest absolute Gasteiger partial charge is 0.338 e. The molecule has 0 saturated heterocycles. The summed E-state index contributed by atoms with van der Waals surface area (Å²) in [6.45, 7) is 9.82. The molecule has 4 aliphatic rings. The van der Waals surface area contributed by atoms with Crippen molar-refractivity contribution in [2.75, 3.05) is 24.3 Å². The minimum atomic E-state index is -0.303. The lowest BCUT2D eigenvalue weighted by molar-refractivity contribution is -0.116. The van der Waals surface area contributed by atoms with Crippen LogP contribution in [-0.2, 0) is 9.47 Å². The molecule has 2 bridgehead atoms. The lowest BCUT2D eigenvalue weighted by Gasteiger charge is -2.54. The van der Waals surface area contributed by atoms with Gasteiger partial charge in [0.25, 0.3) is 0 Å². The maximum atomic E-state index is 13.6. The number of hydrogen-bond donors (Lipinski definition) is 3. The van der Waals surface area contributed by atoms with Gasteiger partial charge in [-0.05, 0) is 171 Å². The van der Waals surface area contributed by atoms with Gasteiger partial charge in [-0.2, -0.15) is 0 Å². The molecule has 3 aromatic carbocycles. The average molecular weight is 752 g/mol. The lowest BCUT2D eigenvalue weighted by atomic mass is 9.54. The minimum Gasteiger partial charge on any atom is -0.497 e. The van der Waals surface area contributed by atoms with Crippen LogP contribution >= 0.6 is 0 Å². The number of nitrogen functional groups attached to an aromatic ring is 3. The zero-order valence-electron chi connectivity index (χ0n) is 33.8. The number of ether oxygens (including phenoxy) is 3. The van der Waals surface area contributed by atoms with Crippen molar-refractivity contribution in [3.8, 4) is 5.75 Å². The maximum absolute atomic E-state index is 13.6. The molecule has 0 aliphatic heterocycles. The summed E-state index contributed by atoms with van der Waals surface area (Å²) in [5, 5.41) is 0. The first kappa shape index (κ1) is 40.5. The molecule has 4 fully saturated rings. The predicted octanol–water partition coefficient (Wildman–Crippen LogP) is 10.4. The third kappa shape index (κ3) is 9.27. The van der Waals surface area contributed by atoms with Crippen LogP contribution in [0.2, 0.25) is 0 Å². The number of rotatable bonds is 10. The molecule has 8 nitrogen and oxygen atoms in total. The fourth-order valence-corrected chi connectivity index (χ4v) is 11.3. The number of methoxy groups -OCH3 is 1. The van der Waals surface area contributed by atoms with Gasteiger partial charge in [-0.3, -0.25) is 0 Å². The molecule has 0 radical (unpaired) electrons. The number of esters is 2. The molecule has 0 aromatic heterocycles. The largest absolute Gasteiger partial charge is 0.497 e. The van der Waals surface area contributed by atoms with E-state index in [0.29, 0.717) is 39.8 Å². The summed E-state index contributed by atoms with van der Waals surface area (Å²) in [5.41, 5.74) is 20.7. The first-order valence-electron chi connectivity index (χ1n) is 20.8. The van der Waals surface area contributed by atoms with Crippen LogP contribution in [0, 0.1) is 46.3 Å². The molecule has 3 aromatic rings. The Bertz CT molecular complexity index is 1730.